The van der Waals surface area contributed by atoms with Gasteiger partial charge in [-0.25, -0.2) is 0 Å². The third-order valence-corrected chi connectivity index (χ3v) is 4.78. The third kappa shape index (κ3) is 6.15. The molecule has 1 atom stereocenters. The molecule has 2 aromatic rings. The second-order valence-electron chi connectivity index (χ2n) is 5.48. The Morgan fingerprint density at radius 1 is 1.03 bits per heavy atom. The minimum absolute atomic E-state index is 0. The zero-order valence-electron chi connectivity index (χ0n) is 16.7. The number of hydrogen-bond donors (Lipinski definition) is 0. The van der Waals surface area contributed by atoms with Crippen LogP contribution < -0.4 is 33.6 Å². The summed E-state index contributed by atoms with van der Waals surface area (Å²) in [6.45, 7) is 1.88. The molecule has 0 saturated carbocycles. The van der Waals surface area contributed by atoms with Crippen LogP contribution in [0.5, 0.6) is 11.5 Å². The zero-order chi connectivity index (χ0) is 21.1. The fourth-order valence-corrected chi connectivity index (χ4v) is 3.56. The molecule has 0 radical (unpaired) electrons. The molecule has 0 saturated heterocycles. The molecule has 29 heavy (non-hydrogen) atoms. The van der Waals surface area contributed by atoms with Crippen molar-refractivity contribution >= 4 is 19.4 Å². The summed E-state index contributed by atoms with van der Waals surface area (Å²) < 4.78 is 90.5. The molecule has 0 aliphatic rings. The Kier molecular flexibility index (Phi) is 8.64. The largest absolute Gasteiger partial charge is 1.00 e. The molecule has 0 heterocycles. The summed E-state index contributed by atoms with van der Waals surface area (Å²) in [7, 11) is -0.0503. The van der Waals surface area contributed by atoms with Crippen LogP contribution in [0.4, 0.5) is 26.3 Å². The summed E-state index contributed by atoms with van der Waals surface area (Å²) in [6.07, 6.45) is -10.4. The van der Waals surface area contributed by atoms with E-state index in [9.17, 15) is 31.1 Å². The molecule has 2 rings (SSSR count). The maximum atomic E-state index is 13.4. The van der Waals surface area contributed by atoms with Crippen molar-refractivity contribution in [1.29, 1.82) is 0 Å². The van der Waals surface area contributed by atoms with Gasteiger partial charge in [0.2, 0.25) is 0 Å². The quantitative estimate of drug-likeness (QED) is 0.400. The van der Waals surface area contributed by atoms with E-state index in [0.29, 0.717) is 12.1 Å². The van der Waals surface area contributed by atoms with E-state index < -0.39 is 48.9 Å². The zero-order valence-corrected chi connectivity index (χ0v) is 16.7. The van der Waals surface area contributed by atoms with Crippen LogP contribution in [0.3, 0.4) is 0 Å². The van der Waals surface area contributed by atoms with Gasteiger partial charge in [-0.1, -0.05) is 18.2 Å². The van der Waals surface area contributed by atoms with E-state index in [-0.39, 0.29) is 37.9 Å². The van der Waals surface area contributed by atoms with Crippen LogP contribution in [0.2, 0.25) is 0 Å². The molecule has 0 aliphatic carbocycles. The van der Waals surface area contributed by atoms with Crippen LogP contribution in [0, 0.1) is 0 Å². The van der Waals surface area contributed by atoms with Crippen LogP contribution in [-0.2, 0) is 12.4 Å². The van der Waals surface area contributed by atoms with Crippen LogP contribution in [-0.4, -0.2) is 19.2 Å². The maximum Gasteiger partial charge on any atom is 1.00 e. The van der Waals surface area contributed by atoms with Crippen LogP contribution in [0.1, 0.15) is 29.8 Å². The van der Waals surface area contributed by atoms with Gasteiger partial charge < -0.3 is 10.9 Å². The van der Waals surface area contributed by atoms with Crippen molar-refractivity contribution in [1.82, 2.24) is 0 Å². The van der Waals surface area contributed by atoms with Crippen molar-refractivity contribution < 1.29 is 60.9 Å². The first-order valence-corrected chi connectivity index (χ1v) is 8.88. The van der Waals surface area contributed by atoms with Gasteiger partial charge in [-0.2, -0.15) is 26.3 Å². The van der Waals surface area contributed by atoms with Gasteiger partial charge in [0.1, 0.15) is 11.5 Å². The molecule has 0 fully saturated rings. The third-order valence-electron chi connectivity index (χ3n) is 3.62. The van der Waals surface area contributed by atoms with E-state index in [1.807, 2.05) is 0 Å². The molecule has 2 aromatic carbocycles. The number of ether oxygens (including phenoxy) is 2. The van der Waals surface area contributed by atoms with Crippen molar-refractivity contribution in [3.05, 3.63) is 53.1 Å². The molecule has 3 nitrogen and oxygen atoms in total. The van der Waals surface area contributed by atoms with E-state index >= 15 is 0 Å². The summed E-state index contributed by atoms with van der Waals surface area (Å²) in [4.78, 5) is 12.6. The predicted octanol–water partition coefficient (Wildman–Crippen LogP) is 2.39. The van der Waals surface area contributed by atoms with Gasteiger partial charge in [0.05, 0.1) is 24.8 Å². The molecule has 0 spiro atoms. The standard InChI is InChI=1S/C18H15F6O3P.Li.H/c1-3-27-13-6-4-5-7-14(13)28-16(25)15-11(17(19,20)21)8-10(26-2)9-12(15)18(22,23)24;;/h4-9,28H,3H2,1-2H3;;/q;+1;-1. The Morgan fingerprint density at radius 2 is 1.55 bits per heavy atom. The van der Waals surface area contributed by atoms with Gasteiger partial charge in [0, 0.05) is 10.9 Å². The molecule has 1 unspecified atom stereocenters. The number of methoxy groups -OCH3 is 1. The van der Waals surface area contributed by atoms with Gasteiger partial charge >= 0.3 is 31.2 Å². The summed E-state index contributed by atoms with van der Waals surface area (Å²) in [6, 6.07) is 6.79. The number of carbonyl (C=O) groups excluding carboxylic acids is 1. The van der Waals surface area contributed by atoms with Gasteiger partial charge in [0.25, 0.3) is 0 Å². The number of rotatable bonds is 6. The van der Waals surface area contributed by atoms with E-state index in [2.05, 4.69) is 4.74 Å². The number of benzene rings is 2. The van der Waals surface area contributed by atoms with Crippen molar-refractivity contribution in [2.24, 2.45) is 0 Å². The number of hydrogen-bond acceptors (Lipinski definition) is 3. The molecular weight excluding hydrogens is 416 g/mol. The molecule has 0 bridgehead atoms. The molecule has 0 N–H and O–H groups in total. The van der Waals surface area contributed by atoms with Gasteiger partial charge in [-0.3, -0.25) is 4.79 Å². The summed E-state index contributed by atoms with van der Waals surface area (Å²) in [5.74, 6) is -0.415. The van der Waals surface area contributed by atoms with Crippen LogP contribution in [0.25, 0.3) is 0 Å². The topological polar surface area (TPSA) is 35.5 Å². The summed E-state index contributed by atoms with van der Waals surface area (Å²) >= 11 is 0. The molecule has 154 valence electrons. The first kappa shape index (κ1) is 25.4. The van der Waals surface area contributed by atoms with Crippen LogP contribution >= 0.6 is 8.58 Å². The molecule has 11 heteroatoms. The number of alkyl halides is 6. The molecular formula is C18H16F6LiO3P. The second-order valence-corrected chi connectivity index (χ2v) is 6.72. The molecule has 0 amide bonds. The first-order chi connectivity index (χ1) is 13.0. The average Bonchev–Trinajstić information content (AvgIpc) is 2.60. The predicted molar refractivity (Wildman–Crippen MR) is 94.0 cm³/mol. The summed E-state index contributed by atoms with van der Waals surface area (Å²) in [5.41, 5.74) is -6.10. The smallest absolute Gasteiger partial charge is 1.00 e. The average molecular weight is 432 g/mol. The van der Waals surface area contributed by atoms with Crippen molar-refractivity contribution in [2.45, 2.75) is 19.3 Å². The summed E-state index contributed by atoms with van der Waals surface area (Å²) in [5, 5.41) is 0.214. The normalized spacial score (nSPS) is 12.0. The fourth-order valence-electron chi connectivity index (χ4n) is 2.46. The minimum atomic E-state index is -5.18. The number of para-hydroxylation sites is 1. The van der Waals surface area contributed by atoms with E-state index in [1.54, 1.807) is 13.0 Å². The first-order valence-electron chi connectivity index (χ1n) is 7.88. The molecule has 0 aliphatic heterocycles. The monoisotopic (exact) mass is 432 g/mol. The second kappa shape index (κ2) is 9.88. The van der Waals surface area contributed by atoms with Crippen molar-refractivity contribution in [2.75, 3.05) is 13.7 Å². The SMILES string of the molecule is CCOc1ccccc1PC(=O)c1c(C(F)(F)F)cc(OC)cc1C(F)(F)F.[H-].[Li+]. The van der Waals surface area contributed by atoms with Gasteiger partial charge in [0.15, 0.2) is 5.52 Å². The molecule has 0 aromatic heterocycles. The Hall–Kier alpha value is -1.68. The fraction of sp³-hybridized carbons (Fsp3) is 0.278. The Morgan fingerprint density at radius 3 is 2.00 bits per heavy atom. The van der Waals surface area contributed by atoms with Crippen LogP contribution in [0.15, 0.2) is 36.4 Å². The Balaban J connectivity index is 0.00000420. The van der Waals surface area contributed by atoms with E-state index in [1.165, 1.54) is 18.2 Å². The minimum Gasteiger partial charge on any atom is -1.00 e. The van der Waals surface area contributed by atoms with Crippen molar-refractivity contribution in [3.63, 3.8) is 0 Å². The maximum absolute atomic E-state index is 13.4. The Bertz CT molecular complexity index is 839. The van der Waals surface area contributed by atoms with E-state index in [0.717, 1.165) is 7.11 Å². The van der Waals surface area contributed by atoms with Gasteiger partial charge in [-0.15, -0.1) is 0 Å². The number of carbonyl (C=O) groups is 1. The number of halogens is 6. The Labute approximate surface area is 178 Å². The van der Waals surface area contributed by atoms with Gasteiger partial charge in [-0.05, 0) is 33.7 Å². The van der Waals surface area contributed by atoms with Crippen molar-refractivity contribution in [3.8, 4) is 11.5 Å². The van der Waals surface area contributed by atoms with E-state index in [4.69, 9.17) is 4.74 Å².